The molecule has 0 spiro atoms. The molecule has 0 fully saturated rings. The molecule has 0 aliphatic rings. The van der Waals surface area contributed by atoms with E-state index in [1.54, 1.807) is 24.3 Å². The molecular formula is C12H17ClN2O2. The Bertz CT molecular complexity index is 341. The molecule has 0 saturated carbocycles. The van der Waals surface area contributed by atoms with Gasteiger partial charge in [-0.2, -0.15) is 0 Å². The lowest BCUT2D eigenvalue weighted by Crippen LogP contribution is -2.30. The second-order valence-electron chi connectivity index (χ2n) is 3.63. The monoisotopic (exact) mass is 256 g/mol. The Morgan fingerprint density at radius 1 is 1.29 bits per heavy atom. The van der Waals surface area contributed by atoms with Crippen molar-refractivity contribution in [2.45, 2.75) is 26.2 Å². The molecule has 1 aromatic rings. The van der Waals surface area contributed by atoms with Gasteiger partial charge in [0.25, 0.3) is 5.91 Å². The largest absolute Gasteiger partial charge is 0.494 e. The van der Waals surface area contributed by atoms with E-state index in [0.29, 0.717) is 12.2 Å². The number of hydrazine groups is 1. The fraction of sp³-hybridized carbons (Fsp3) is 0.417. The van der Waals surface area contributed by atoms with Crippen molar-refractivity contribution in [2.75, 3.05) is 6.61 Å². The molecule has 0 aromatic heterocycles. The van der Waals surface area contributed by atoms with Crippen LogP contribution in [0.25, 0.3) is 0 Å². The van der Waals surface area contributed by atoms with E-state index in [1.807, 2.05) is 0 Å². The summed E-state index contributed by atoms with van der Waals surface area (Å²) in [6.45, 7) is 2.86. The topological polar surface area (TPSA) is 50.4 Å². The van der Waals surface area contributed by atoms with Crippen molar-refractivity contribution in [1.82, 2.24) is 10.4 Å². The molecule has 5 heteroatoms. The summed E-state index contributed by atoms with van der Waals surface area (Å²) in [5.74, 6) is 0.494. The van der Waals surface area contributed by atoms with E-state index in [2.05, 4.69) is 17.3 Å². The minimum absolute atomic E-state index is 0.280. The molecule has 0 radical (unpaired) electrons. The van der Waals surface area contributed by atoms with Crippen LogP contribution < -0.4 is 15.1 Å². The molecule has 1 rings (SSSR count). The third-order valence-electron chi connectivity index (χ3n) is 2.29. The van der Waals surface area contributed by atoms with Crippen molar-refractivity contribution in [3.8, 4) is 5.75 Å². The number of benzene rings is 1. The highest BCUT2D eigenvalue weighted by Crippen LogP contribution is 2.12. The van der Waals surface area contributed by atoms with Crippen molar-refractivity contribution in [1.29, 1.82) is 0 Å². The van der Waals surface area contributed by atoms with Gasteiger partial charge in [-0.1, -0.05) is 19.8 Å². The zero-order valence-corrected chi connectivity index (χ0v) is 10.6. The van der Waals surface area contributed by atoms with Crippen LogP contribution in [-0.4, -0.2) is 12.5 Å². The zero-order chi connectivity index (χ0) is 12.5. The van der Waals surface area contributed by atoms with Crippen molar-refractivity contribution in [3.63, 3.8) is 0 Å². The first kappa shape index (κ1) is 13.8. The quantitative estimate of drug-likeness (QED) is 0.448. The molecular weight excluding hydrogens is 240 g/mol. The zero-order valence-electron chi connectivity index (χ0n) is 9.83. The molecule has 2 N–H and O–H groups in total. The maximum absolute atomic E-state index is 11.4. The Kier molecular flexibility index (Phi) is 6.43. The van der Waals surface area contributed by atoms with Gasteiger partial charge in [0.2, 0.25) is 0 Å². The molecule has 17 heavy (non-hydrogen) atoms. The van der Waals surface area contributed by atoms with Crippen LogP contribution >= 0.6 is 11.8 Å². The SMILES string of the molecule is CCCCCOc1ccc(C(=O)NNCl)cc1. The molecule has 94 valence electrons. The highest BCUT2D eigenvalue weighted by molar-refractivity contribution is 6.14. The number of carbonyl (C=O) groups excluding carboxylic acids is 1. The number of hydrogen-bond acceptors (Lipinski definition) is 3. The second-order valence-corrected chi connectivity index (χ2v) is 3.82. The molecule has 1 aromatic carbocycles. The summed E-state index contributed by atoms with van der Waals surface area (Å²) in [7, 11) is 0. The first-order chi connectivity index (χ1) is 8.27. The Balaban J connectivity index is 2.42. The Hall–Kier alpha value is -1.26. The summed E-state index contributed by atoms with van der Waals surface area (Å²) in [5, 5.41) is 0. The molecule has 0 heterocycles. The summed E-state index contributed by atoms with van der Waals surface area (Å²) in [6.07, 6.45) is 3.39. The maximum atomic E-state index is 11.4. The van der Waals surface area contributed by atoms with Crippen molar-refractivity contribution < 1.29 is 9.53 Å². The Morgan fingerprint density at radius 3 is 2.59 bits per heavy atom. The number of unbranched alkanes of at least 4 members (excludes halogenated alkanes) is 2. The van der Waals surface area contributed by atoms with Crippen LogP contribution in [0.2, 0.25) is 0 Å². The minimum atomic E-state index is -0.280. The Labute approximate surface area is 106 Å². The van der Waals surface area contributed by atoms with Gasteiger partial charge in [0.1, 0.15) is 5.75 Å². The lowest BCUT2D eigenvalue weighted by molar-refractivity contribution is 0.0946. The number of amides is 1. The predicted molar refractivity (Wildman–Crippen MR) is 67.9 cm³/mol. The summed E-state index contributed by atoms with van der Waals surface area (Å²) < 4.78 is 5.53. The molecule has 0 unspecified atom stereocenters. The molecule has 0 aliphatic carbocycles. The third kappa shape index (κ3) is 5.06. The normalized spacial score (nSPS) is 10.0. The van der Waals surface area contributed by atoms with Gasteiger partial charge < -0.3 is 4.74 Å². The van der Waals surface area contributed by atoms with Gasteiger partial charge in [-0.15, -0.1) is 4.94 Å². The van der Waals surface area contributed by atoms with Crippen LogP contribution in [0.15, 0.2) is 24.3 Å². The summed E-state index contributed by atoms with van der Waals surface area (Å²) >= 11 is 5.17. The highest BCUT2D eigenvalue weighted by atomic mass is 35.5. The fourth-order valence-electron chi connectivity index (χ4n) is 1.36. The van der Waals surface area contributed by atoms with Crippen molar-refractivity contribution in [3.05, 3.63) is 29.8 Å². The van der Waals surface area contributed by atoms with E-state index in [0.717, 1.165) is 12.2 Å². The number of nitrogens with one attached hydrogen (secondary N) is 2. The van der Waals surface area contributed by atoms with E-state index in [-0.39, 0.29) is 5.91 Å². The molecule has 0 atom stereocenters. The number of rotatable bonds is 7. The van der Waals surface area contributed by atoms with Crippen LogP contribution in [0.1, 0.15) is 36.5 Å². The number of ether oxygens (including phenoxy) is 1. The fourth-order valence-corrected chi connectivity index (χ4v) is 1.45. The van der Waals surface area contributed by atoms with E-state index in [4.69, 9.17) is 16.5 Å². The van der Waals surface area contributed by atoms with Crippen LogP contribution in [0, 0.1) is 0 Å². The molecule has 0 saturated heterocycles. The Morgan fingerprint density at radius 2 is 2.00 bits per heavy atom. The minimum Gasteiger partial charge on any atom is -0.494 e. The predicted octanol–water partition coefficient (Wildman–Crippen LogP) is 2.64. The summed E-state index contributed by atoms with van der Waals surface area (Å²) in [5.41, 5.74) is 2.80. The molecule has 0 bridgehead atoms. The van der Waals surface area contributed by atoms with Gasteiger partial charge in [-0.3, -0.25) is 10.2 Å². The van der Waals surface area contributed by atoms with E-state index < -0.39 is 0 Å². The molecule has 4 nitrogen and oxygen atoms in total. The highest BCUT2D eigenvalue weighted by Gasteiger charge is 2.03. The van der Waals surface area contributed by atoms with Gasteiger partial charge in [-0.05, 0) is 42.5 Å². The van der Waals surface area contributed by atoms with Crippen LogP contribution in [-0.2, 0) is 0 Å². The summed E-state index contributed by atoms with van der Waals surface area (Å²) in [4.78, 5) is 13.4. The van der Waals surface area contributed by atoms with Gasteiger partial charge in [0.15, 0.2) is 0 Å². The van der Waals surface area contributed by atoms with Crippen molar-refractivity contribution >= 4 is 17.7 Å². The second kappa shape index (κ2) is 7.92. The molecule has 0 aliphatic heterocycles. The standard InChI is InChI=1S/C12H17ClN2O2/c1-2-3-4-9-17-11-7-5-10(6-8-11)12(16)14-15-13/h5-8,15H,2-4,9H2,1H3,(H,14,16). The van der Waals surface area contributed by atoms with Gasteiger partial charge in [-0.25, -0.2) is 0 Å². The lowest BCUT2D eigenvalue weighted by atomic mass is 10.2. The average Bonchev–Trinajstić information content (AvgIpc) is 2.36. The maximum Gasteiger partial charge on any atom is 0.266 e. The van der Waals surface area contributed by atoms with Crippen LogP contribution in [0.3, 0.4) is 0 Å². The third-order valence-corrected chi connectivity index (χ3v) is 2.39. The van der Waals surface area contributed by atoms with Crippen LogP contribution in [0.4, 0.5) is 0 Å². The average molecular weight is 257 g/mol. The molecule has 1 amide bonds. The van der Waals surface area contributed by atoms with Gasteiger partial charge in [0, 0.05) is 5.56 Å². The van der Waals surface area contributed by atoms with E-state index in [9.17, 15) is 4.79 Å². The van der Waals surface area contributed by atoms with Gasteiger partial charge in [0.05, 0.1) is 6.61 Å². The first-order valence-corrected chi connectivity index (χ1v) is 6.04. The van der Waals surface area contributed by atoms with E-state index >= 15 is 0 Å². The van der Waals surface area contributed by atoms with E-state index in [1.165, 1.54) is 12.8 Å². The van der Waals surface area contributed by atoms with Crippen molar-refractivity contribution in [2.24, 2.45) is 0 Å². The van der Waals surface area contributed by atoms with Gasteiger partial charge >= 0.3 is 0 Å². The first-order valence-electron chi connectivity index (χ1n) is 5.66. The number of halogens is 1. The number of carbonyl (C=O) groups is 1. The van der Waals surface area contributed by atoms with Crippen LogP contribution in [0.5, 0.6) is 5.75 Å². The summed E-state index contributed by atoms with van der Waals surface area (Å²) in [6, 6.07) is 6.93. The smallest absolute Gasteiger partial charge is 0.266 e. The lowest BCUT2D eigenvalue weighted by Gasteiger charge is -2.06. The number of hydrogen-bond donors (Lipinski definition) is 2.